The van der Waals surface area contributed by atoms with Gasteiger partial charge in [-0.1, -0.05) is 17.2 Å². The Balaban J connectivity index is 1.66. The molecule has 1 N–H and O–H groups in total. The topological polar surface area (TPSA) is 94.4 Å². The number of nitrogens with zero attached hydrogens (tertiary/aromatic N) is 6. The second kappa shape index (κ2) is 6.62. The first-order valence-electron chi connectivity index (χ1n) is 8.97. The van der Waals surface area contributed by atoms with Gasteiger partial charge in [-0.05, 0) is 47.5 Å². The van der Waals surface area contributed by atoms with Crippen LogP contribution in [0.3, 0.4) is 0 Å². The van der Waals surface area contributed by atoms with Crippen molar-refractivity contribution in [2.75, 3.05) is 7.11 Å². The number of nitrogens with one attached hydrogen (secondary N) is 1. The summed E-state index contributed by atoms with van der Waals surface area (Å²) < 4.78 is 20.4. The van der Waals surface area contributed by atoms with Gasteiger partial charge in [0.1, 0.15) is 11.6 Å². The lowest BCUT2D eigenvalue weighted by molar-refractivity contribution is 0.411. The first kappa shape index (κ1) is 17.2. The molecule has 0 aliphatic carbocycles. The number of benzene rings is 2. The fourth-order valence-corrected chi connectivity index (χ4v) is 3.45. The molecule has 0 saturated carbocycles. The summed E-state index contributed by atoms with van der Waals surface area (Å²) in [5.41, 5.74) is 4.22. The number of aromatic nitrogens is 7. The molecule has 0 atom stereocenters. The fraction of sp³-hybridized carbons (Fsp3) is 0.150. The lowest BCUT2D eigenvalue weighted by atomic mass is 10.0. The lowest BCUT2D eigenvalue weighted by Crippen LogP contribution is -2.01. The number of aryl methyl sites for hydroxylation is 1. The summed E-state index contributed by atoms with van der Waals surface area (Å²) >= 11 is 0. The van der Waals surface area contributed by atoms with Crippen molar-refractivity contribution in [1.82, 2.24) is 35.4 Å². The maximum Gasteiger partial charge on any atom is 0.292 e. The second-order valence-corrected chi connectivity index (χ2v) is 6.73. The van der Waals surface area contributed by atoms with Crippen molar-refractivity contribution in [1.29, 1.82) is 0 Å². The first-order chi connectivity index (χ1) is 14.1. The minimum absolute atomic E-state index is 0.250. The Hall–Kier alpha value is -3.88. The van der Waals surface area contributed by atoms with E-state index in [1.807, 2.05) is 19.1 Å². The van der Waals surface area contributed by atoms with E-state index < -0.39 is 0 Å². The summed E-state index contributed by atoms with van der Waals surface area (Å²) in [6.07, 6.45) is 0.624. The molecule has 0 amide bonds. The van der Waals surface area contributed by atoms with Crippen LogP contribution in [0.15, 0.2) is 42.5 Å². The van der Waals surface area contributed by atoms with Gasteiger partial charge >= 0.3 is 0 Å². The standard InChI is InChI=1S/C20H16FN7O/c1-11-16-9-13-8-14(7-12-3-5-15(21)6-4-12)18(29-2)10-17(13)22-19(16)28(25-11)20-23-26-27-24-20/h3-6,8-10H,7H2,1-2H3,(H,23,24,26,27). The molecule has 0 aliphatic rings. The van der Waals surface area contributed by atoms with Crippen molar-refractivity contribution in [2.24, 2.45) is 0 Å². The molecule has 0 fully saturated rings. The van der Waals surface area contributed by atoms with Gasteiger partial charge < -0.3 is 4.74 Å². The van der Waals surface area contributed by atoms with E-state index >= 15 is 0 Å². The number of halogens is 1. The van der Waals surface area contributed by atoms with Crippen molar-refractivity contribution in [3.63, 3.8) is 0 Å². The molecule has 144 valence electrons. The highest BCUT2D eigenvalue weighted by Crippen LogP contribution is 2.30. The summed E-state index contributed by atoms with van der Waals surface area (Å²) in [5.74, 6) is 0.797. The Morgan fingerprint density at radius 2 is 1.97 bits per heavy atom. The van der Waals surface area contributed by atoms with Crippen molar-refractivity contribution in [3.8, 4) is 11.7 Å². The summed E-state index contributed by atoms with van der Waals surface area (Å²) in [6, 6.07) is 12.5. The number of hydrogen-bond acceptors (Lipinski definition) is 6. The molecule has 0 unspecified atom stereocenters. The van der Waals surface area contributed by atoms with Gasteiger partial charge in [-0.25, -0.2) is 9.37 Å². The molecule has 0 bridgehead atoms. The molecular formula is C20H16FN7O. The minimum Gasteiger partial charge on any atom is -0.496 e. The van der Waals surface area contributed by atoms with Gasteiger partial charge in [0, 0.05) is 23.3 Å². The maximum atomic E-state index is 13.2. The molecule has 8 nitrogen and oxygen atoms in total. The summed E-state index contributed by atoms with van der Waals surface area (Å²) in [7, 11) is 1.63. The van der Waals surface area contributed by atoms with Gasteiger partial charge in [0.15, 0.2) is 5.65 Å². The number of ether oxygens (including phenoxy) is 1. The zero-order valence-electron chi connectivity index (χ0n) is 15.7. The highest BCUT2D eigenvalue weighted by Gasteiger charge is 2.16. The molecule has 2 aromatic carbocycles. The van der Waals surface area contributed by atoms with E-state index in [0.29, 0.717) is 18.0 Å². The molecule has 5 rings (SSSR count). The third kappa shape index (κ3) is 2.96. The smallest absolute Gasteiger partial charge is 0.292 e. The number of pyridine rings is 1. The number of methoxy groups -OCH3 is 1. The van der Waals surface area contributed by atoms with Crippen molar-refractivity contribution >= 4 is 21.9 Å². The van der Waals surface area contributed by atoms with Crippen LogP contribution >= 0.6 is 0 Å². The predicted molar refractivity (Wildman–Crippen MR) is 105 cm³/mol. The first-order valence-corrected chi connectivity index (χ1v) is 8.97. The van der Waals surface area contributed by atoms with E-state index in [2.05, 4.69) is 31.8 Å². The zero-order valence-corrected chi connectivity index (χ0v) is 15.7. The number of hydrogen-bond donors (Lipinski definition) is 1. The van der Waals surface area contributed by atoms with E-state index in [1.54, 1.807) is 23.9 Å². The Kier molecular flexibility index (Phi) is 3.94. The third-order valence-corrected chi connectivity index (χ3v) is 4.87. The van der Waals surface area contributed by atoms with Gasteiger partial charge in [-0.3, -0.25) is 0 Å². The van der Waals surface area contributed by atoms with E-state index in [0.717, 1.165) is 38.9 Å². The van der Waals surface area contributed by atoms with E-state index in [4.69, 9.17) is 9.72 Å². The van der Waals surface area contributed by atoms with Crippen LogP contribution in [0.25, 0.3) is 27.9 Å². The molecule has 9 heteroatoms. The Labute approximate surface area is 164 Å². The fourth-order valence-electron chi connectivity index (χ4n) is 3.45. The monoisotopic (exact) mass is 389 g/mol. The highest BCUT2D eigenvalue weighted by molar-refractivity contribution is 5.94. The number of H-pyrrole nitrogens is 1. The molecule has 3 aromatic heterocycles. The molecule has 5 aromatic rings. The van der Waals surface area contributed by atoms with Gasteiger partial charge in [-0.2, -0.15) is 15.0 Å². The average molecular weight is 389 g/mol. The Morgan fingerprint density at radius 1 is 1.14 bits per heavy atom. The van der Waals surface area contributed by atoms with Crippen molar-refractivity contribution in [2.45, 2.75) is 13.3 Å². The molecule has 29 heavy (non-hydrogen) atoms. The maximum absolute atomic E-state index is 13.2. The van der Waals surface area contributed by atoms with Crippen LogP contribution in [-0.4, -0.2) is 42.5 Å². The quantitative estimate of drug-likeness (QED) is 0.507. The van der Waals surface area contributed by atoms with Crippen molar-refractivity contribution in [3.05, 3.63) is 65.1 Å². The van der Waals surface area contributed by atoms with Gasteiger partial charge in [-0.15, -0.1) is 5.10 Å². The van der Waals surface area contributed by atoms with Crippen molar-refractivity contribution < 1.29 is 9.13 Å². The average Bonchev–Trinajstić information content (AvgIpc) is 3.36. The Morgan fingerprint density at radius 3 is 2.69 bits per heavy atom. The number of tetrazole rings is 1. The molecule has 3 heterocycles. The minimum atomic E-state index is -0.250. The summed E-state index contributed by atoms with van der Waals surface area (Å²) in [6.45, 7) is 1.91. The summed E-state index contributed by atoms with van der Waals surface area (Å²) in [4.78, 5) is 4.77. The number of rotatable bonds is 4. The molecular weight excluding hydrogens is 373 g/mol. The Bertz CT molecular complexity index is 1330. The second-order valence-electron chi connectivity index (χ2n) is 6.73. The van der Waals surface area contributed by atoms with E-state index in [1.165, 1.54) is 12.1 Å². The van der Waals surface area contributed by atoms with Gasteiger partial charge in [0.05, 0.1) is 18.3 Å². The van der Waals surface area contributed by atoms with Crippen LogP contribution in [0.2, 0.25) is 0 Å². The number of fused-ring (bicyclic) bond motifs is 2. The largest absolute Gasteiger partial charge is 0.496 e. The van der Waals surface area contributed by atoms with Crippen LogP contribution in [0.1, 0.15) is 16.8 Å². The molecule has 0 saturated heterocycles. The molecule has 0 aliphatic heterocycles. The van der Waals surface area contributed by atoms with Crippen LogP contribution in [0.5, 0.6) is 5.75 Å². The third-order valence-electron chi connectivity index (χ3n) is 4.87. The normalized spacial score (nSPS) is 11.4. The van der Waals surface area contributed by atoms with Crippen LogP contribution in [-0.2, 0) is 6.42 Å². The van der Waals surface area contributed by atoms with Crippen LogP contribution in [0.4, 0.5) is 4.39 Å². The lowest BCUT2D eigenvalue weighted by Gasteiger charge is -2.11. The van der Waals surface area contributed by atoms with Gasteiger partial charge in [0.25, 0.3) is 5.95 Å². The van der Waals surface area contributed by atoms with Crippen LogP contribution in [0, 0.1) is 12.7 Å². The zero-order chi connectivity index (χ0) is 20.0. The van der Waals surface area contributed by atoms with Crippen LogP contribution < -0.4 is 4.74 Å². The molecule has 0 radical (unpaired) electrons. The predicted octanol–water partition coefficient (Wildman–Crippen LogP) is 3.13. The van der Waals surface area contributed by atoms with E-state index in [-0.39, 0.29) is 5.82 Å². The summed E-state index contributed by atoms with van der Waals surface area (Å²) in [5, 5.41) is 20.4. The highest BCUT2D eigenvalue weighted by atomic mass is 19.1. The van der Waals surface area contributed by atoms with E-state index in [9.17, 15) is 4.39 Å². The number of aromatic amines is 1. The SMILES string of the molecule is COc1cc2nc3c(cc2cc1Cc1ccc(F)cc1)c(C)nn3-c1nn[nH]n1. The molecule has 0 spiro atoms. The van der Waals surface area contributed by atoms with Gasteiger partial charge in [0.2, 0.25) is 0 Å².